The number of anilines is 2. The third-order valence-electron chi connectivity index (χ3n) is 8.96. The summed E-state index contributed by atoms with van der Waals surface area (Å²) in [4.78, 5) is 26.9. The summed E-state index contributed by atoms with van der Waals surface area (Å²) in [6.45, 7) is 3.50. The fourth-order valence-electron chi connectivity index (χ4n) is 5.86. The number of halogens is 6. The number of hydrogen-bond acceptors (Lipinski definition) is 5. The van der Waals surface area contributed by atoms with Crippen LogP contribution in [-0.4, -0.2) is 50.3 Å². The summed E-state index contributed by atoms with van der Waals surface area (Å²) in [5, 5.41) is 9.81. The molecular formula is C38H37F6N3O5S. The van der Waals surface area contributed by atoms with Gasteiger partial charge in [-0.15, -0.1) is 0 Å². The average Bonchev–Trinajstić information content (AvgIpc) is 3.94. The Morgan fingerprint density at radius 1 is 0.811 bits per heavy atom. The lowest BCUT2D eigenvalue weighted by atomic mass is 9.84. The molecule has 0 heterocycles. The molecule has 0 unspecified atom stereocenters. The highest BCUT2D eigenvalue weighted by Crippen LogP contribution is 2.42. The smallest absolute Gasteiger partial charge is 0.337 e. The summed E-state index contributed by atoms with van der Waals surface area (Å²) in [5.74, 6) is -16.0. The van der Waals surface area contributed by atoms with Crippen molar-refractivity contribution in [1.29, 1.82) is 0 Å². The van der Waals surface area contributed by atoms with Gasteiger partial charge in [0, 0.05) is 31.9 Å². The van der Waals surface area contributed by atoms with Crippen LogP contribution in [0.25, 0.3) is 0 Å². The predicted octanol–water partition coefficient (Wildman–Crippen LogP) is 7.88. The molecule has 0 aromatic heterocycles. The van der Waals surface area contributed by atoms with Gasteiger partial charge in [-0.2, -0.15) is 4.31 Å². The van der Waals surface area contributed by atoms with Gasteiger partial charge in [-0.05, 0) is 65.1 Å². The SMILES string of the molecule is CN(C)c1cc(N(Cc2cc(C3CC3)cc(C(C)(C)C)c2)C(=O)CN(Cc2ccccc2F)S(=O)(=O)c2c(F)c(F)c(F)c(F)c2F)ccc1C(=O)O. The van der Waals surface area contributed by atoms with Crippen LogP contribution >= 0.6 is 0 Å². The van der Waals surface area contributed by atoms with E-state index < -0.39 is 74.8 Å². The van der Waals surface area contributed by atoms with Crippen LogP contribution in [-0.2, 0) is 33.3 Å². The van der Waals surface area contributed by atoms with Crippen LogP contribution in [0.15, 0.2) is 65.6 Å². The zero-order chi connectivity index (χ0) is 39.2. The van der Waals surface area contributed by atoms with E-state index >= 15 is 8.78 Å². The molecule has 0 bridgehead atoms. The van der Waals surface area contributed by atoms with Crippen molar-refractivity contribution in [1.82, 2.24) is 4.31 Å². The Kier molecular flexibility index (Phi) is 11.0. The van der Waals surface area contributed by atoms with Gasteiger partial charge in [0.25, 0.3) is 0 Å². The van der Waals surface area contributed by atoms with Gasteiger partial charge in [-0.3, -0.25) is 4.79 Å². The molecule has 1 N–H and O–H groups in total. The molecule has 4 aromatic rings. The van der Waals surface area contributed by atoms with E-state index in [0.717, 1.165) is 41.0 Å². The van der Waals surface area contributed by atoms with E-state index in [2.05, 4.69) is 6.07 Å². The lowest BCUT2D eigenvalue weighted by Gasteiger charge is -2.30. The fraction of sp³-hybridized carbons (Fsp3) is 0.316. The predicted molar refractivity (Wildman–Crippen MR) is 186 cm³/mol. The van der Waals surface area contributed by atoms with Crippen molar-refractivity contribution in [3.8, 4) is 0 Å². The molecule has 5 rings (SSSR count). The molecular weight excluding hydrogens is 724 g/mol. The van der Waals surface area contributed by atoms with Crippen molar-refractivity contribution in [2.45, 2.75) is 62.9 Å². The summed E-state index contributed by atoms with van der Waals surface area (Å²) in [7, 11) is -2.62. The zero-order valence-corrected chi connectivity index (χ0v) is 30.3. The molecule has 15 heteroatoms. The van der Waals surface area contributed by atoms with Gasteiger partial charge in [0.1, 0.15) is 5.82 Å². The van der Waals surface area contributed by atoms with Gasteiger partial charge in [0.15, 0.2) is 28.2 Å². The molecule has 0 aliphatic heterocycles. The normalized spacial score (nSPS) is 13.4. The highest BCUT2D eigenvalue weighted by atomic mass is 32.2. The van der Waals surface area contributed by atoms with Crippen molar-refractivity contribution in [2.75, 3.05) is 30.4 Å². The largest absolute Gasteiger partial charge is 0.478 e. The number of aromatic carboxylic acids is 1. The number of carboxylic acid groups (broad SMARTS) is 1. The Morgan fingerprint density at radius 2 is 1.42 bits per heavy atom. The summed E-state index contributed by atoms with van der Waals surface area (Å²) in [6.07, 6.45) is 1.91. The fourth-order valence-corrected chi connectivity index (χ4v) is 7.34. The first-order valence-corrected chi connectivity index (χ1v) is 17.9. The second-order valence-corrected chi connectivity index (χ2v) is 16.0. The van der Waals surface area contributed by atoms with Gasteiger partial charge in [0.05, 0.1) is 24.3 Å². The molecule has 1 saturated carbocycles. The monoisotopic (exact) mass is 761 g/mol. The minimum Gasteiger partial charge on any atom is -0.478 e. The molecule has 282 valence electrons. The second kappa shape index (κ2) is 14.9. The quantitative estimate of drug-likeness (QED) is 0.0897. The Labute approximate surface area is 303 Å². The summed E-state index contributed by atoms with van der Waals surface area (Å²) in [5.41, 5.74) is 2.03. The van der Waals surface area contributed by atoms with Crippen LogP contribution in [0.2, 0.25) is 0 Å². The molecule has 1 fully saturated rings. The first-order valence-electron chi connectivity index (χ1n) is 16.5. The van der Waals surface area contributed by atoms with Crippen molar-refractivity contribution in [3.63, 3.8) is 0 Å². The third kappa shape index (κ3) is 8.20. The van der Waals surface area contributed by atoms with E-state index in [0.29, 0.717) is 5.56 Å². The molecule has 0 saturated heterocycles. The van der Waals surface area contributed by atoms with E-state index in [9.17, 15) is 40.7 Å². The summed E-state index contributed by atoms with van der Waals surface area (Å²) < 4.78 is 116. The third-order valence-corrected chi connectivity index (χ3v) is 10.8. The van der Waals surface area contributed by atoms with Gasteiger partial charge in [0.2, 0.25) is 21.7 Å². The Morgan fingerprint density at radius 3 is 1.96 bits per heavy atom. The van der Waals surface area contributed by atoms with Gasteiger partial charge >= 0.3 is 5.97 Å². The number of carbonyl (C=O) groups is 2. The number of nitrogens with zero attached hydrogens (tertiary/aromatic N) is 3. The van der Waals surface area contributed by atoms with Crippen LogP contribution in [0.3, 0.4) is 0 Å². The topological polar surface area (TPSA) is 98.2 Å². The van der Waals surface area contributed by atoms with Crippen LogP contribution < -0.4 is 9.80 Å². The molecule has 4 aromatic carbocycles. The molecule has 0 radical (unpaired) electrons. The zero-order valence-electron chi connectivity index (χ0n) is 29.5. The number of sulfonamides is 1. The van der Waals surface area contributed by atoms with Crippen LogP contribution in [0.4, 0.5) is 37.7 Å². The highest BCUT2D eigenvalue weighted by molar-refractivity contribution is 7.89. The molecule has 8 nitrogen and oxygen atoms in total. The first kappa shape index (κ1) is 39.3. The highest BCUT2D eigenvalue weighted by Gasteiger charge is 2.39. The van der Waals surface area contributed by atoms with Gasteiger partial charge in [-0.25, -0.2) is 39.6 Å². The molecule has 1 aliphatic carbocycles. The minimum absolute atomic E-state index is 0.0947. The van der Waals surface area contributed by atoms with Gasteiger partial charge in [-0.1, -0.05) is 57.2 Å². The number of carbonyl (C=O) groups excluding carboxylic acids is 1. The van der Waals surface area contributed by atoms with Gasteiger partial charge < -0.3 is 14.9 Å². The van der Waals surface area contributed by atoms with Crippen LogP contribution in [0.1, 0.15) is 72.1 Å². The lowest BCUT2D eigenvalue weighted by molar-refractivity contribution is -0.119. The minimum atomic E-state index is -5.76. The van der Waals surface area contributed by atoms with E-state index in [-0.39, 0.29) is 44.7 Å². The molecule has 0 spiro atoms. The first-order chi connectivity index (χ1) is 24.7. The maximum atomic E-state index is 15.0. The van der Waals surface area contributed by atoms with Crippen molar-refractivity contribution in [3.05, 3.63) is 123 Å². The van der Waals surface area contributed by atoms with E-state index in [4.69, 9.17) is 0 Å². The van der Waals surface area contributed by atoms with Crippen molar-refractivity contribution in [2.24, 2.45) is 0 Å². The average molecular weight is 762 g/mol. The Hall–Kier alpha value is -4.89. The number of amides is 1. The number of rotatable bonds is 12. The second-order valence-electron chi connectivity index (χ2n) is 14.1. The molecule has 1 amide bonds. The number of hydrogen-bond donors (Lipinski definition) is 1. The Balaban J connectivity index is 1.68. The molecule has 0 atom stereocenters. The Bertz CT molecular complexity index is 2170. The molecule has 1 aliphatic rings. The summed E-state index contributed by atoms with van der Waals surface area (Å²) in [6, 6.07) is 14.5. The van der Waals surface area contributed by atoms with E-state index in [1.54, 1.807) is 14.1 Å². The van der Waals surface area contributed by atoms with E-state index in [1.165, 1.54) is 35.2 Å². The number of carboxylic acids is 1. The maximum Gasteiger partial charge on any atom is 0.337 e. The maximum absolute atomic E-state index is 15.0. The van der Waals surface area contributed by atoms with Crippen LogP contribution in [0.5, 0.6) is 0 Å². The van der Waals surface area contributed by atoms with E-state index in [1.807, 2.05) is 32.9 Å². The lowest BCUT2D eigenvalue weighted by Crippen LogP contribution is -2.43. The van der Waals surface area contributed by atoms with Crippen LogP contribution in [0, 0.1) is 34.9 Å². The van der Waals surface area contributed by atoms with Crippen molar-refractivity contribution >= 4 is 33.3 Å². The number of benzene rings is 4. The standard InChI is InChI=1S/C38H37F6N3O5S/c1-38(2,3)25-15-21(14-24(16-25)22-10-11-22)18-47(26-12-13-27(37(49)50)29(17-26)45(4)5)30(48)20-46(19-23-8-6-7-9-28(23)39)53(51,52)36-34(43)32(41)31(40)33(42)35(36)44/h6-9,12-17,22H,10-11,18-20H2,1-5H3,(H,49,50). The molecule has 53 heavy (non-hydrogen) atoms. The van der Waals surface area contributed by atoms with Crippen molar-refractivity contribution < 1.29 is 49.5 Å². The summed E-state index contributed by atoms with van der Waals surface area (Å²) >= 11 is 0.